The molecule has 1 N–H and O–H groups in total. The number of hydrogen-bond donors (Lipinski definition) is 1. The summed E-state index contributed by atoms with van der Waals surface area (Å²) in [5.41, 5.74) is 2.47. The fourth-order valence-electron chi connectivity index (χ4n) is 2.81. The highest BCUT2D eigenvalue weighted by molar-refractivity contribution is 7.20. The number of aryl methyl sites for hydroxylation is 1. The average Bonchev–Trinajstić information content (AvgIpc) is 3.04. The minimum atomic E-state index is -0.338. The van der Waals surface area contributed by atoms with Gasteiger partial charge >= 0.3 is 5.97 Å². The van der Waals surface area contributed by atoms with Crippen molar-refractivity contribution in [1.82, 2.24) is 14.9 Å². The molecule has 0 saturated carbocycles. The molecule has 0 bridgehead atoms. The Morgan fingerprint density at radius 1 is 1.18 bits per heavy atom. The van der Waals surface area contributed by atoms with Crippen LogP contribution in [0.4, 0.5) is 5.82 Å². The first-order valence-corrected chi connectivity index (χ1v) is 9.69. The number of carbonyl (C=O) groups excluding carboxylic acids is 2. The van der Waals surface area contributed by atoms with Crippen molar-refractivity contribution in [2.75, 3.05) is 26.0 Å². The summed E-state index contributed by atoms with van der Waals surface area (Å²) < 4.78 is 5.13. The highest BCUT2D eigenvalue weighted by atomic mass is 32.1. The number of nitrogens with zero attached hydrogens (tertiary/aromatic N) is 3. The number of amides is 1. The first kappa shape index (κ1) is 19.8. The van der Waals surface area contributed by atoms with Crippen LogP contribution in [0.15, 0.2) is 30.6 Å². The lowest BCUT2D eigenvalue weighted by Gasteiger charge is -2.11. The van der Waals surface area contributed by atoms with Crippen LogP contribution in [-0.2, 0) is 11.3 Å². The molecule has 0 aliphatic rings. The zero-order chi connectivity index (χ0) is 20.3. The Morgan fingerprint density at radius 3 is 2.54 bits per heavy atom. The van der Waals surface area contributed by atoms with Gasteiger partial charge in [-0.25, -0.2) is 14.8 Å². The van der Waals surface area contributed by atoms with E-state index in [0.717, 1.165) is 21.3 Å². The van der Waals surface area contributed by atoms with Crippen molar-refractivity contribution < 1.29 is 14.3 Å². The summed E-state index contributed by atoms with van der Waals surface area (Å²) in [6, 6.07) is 7.44. The molecule has 3 aromatic rings. The standard InChI is InChI=1S/C20H22N4O3S/c1-5-27-20(26)16-12(2)15-17(22-11-23-18(15)28-16)21-10-13-6-8-14(9-7-13)19(25)24(3)4/h6-9,11H,5,10H2,1-4H3,(H,21,22,23). The van der Waals surface area contributed by atoms with E-state index in [9.17, 15) is 9.59 Å². The number of thiophene rings is 1. The number of esters is 1. The average molecular weight is 398 g/mol. The molecule has 0 aliphatic carbocycles. The SMILES string of the molecule is CCOC(=O)c1sc2ncnc(NCc3ccc(C(=O)N(C)C)cc3)c2c1C. The monoisotopic (exact) mass is 398 g/mol. The van der Waals surface area contributed by atoms with Crippen molar-refractivity contribution >= 4 is 39.2 Å². The summed E-state index contributed by atoms with van der Waals surface area (Å²) in [4.78, 5) is 35.6. The summed E-state index contributed by atoms with van der Waals surface area (Å²) >= 11 is 1.31. The summed E-state index contributed by atoms with van der Waals surface area (Å²) in [5.74, 6) is 0.301. The van der Waals surface area contributed by atoms with Gasteiger partial charge in [0.05, 0.1) is 12.0 Å². The van der Waals surface area contributed by atoms with Crippen molar-refractivity contribution in [3.8, 4) is 0 Å². The second kappa shape index (κ2) is 8.35. The van der Waals surface area contributed by atoms with Crippen LogP contribution >= 0.6 is 11.3 Å². The van der Waals surface area contributed by atoms with Crippen LogP contribution < -0.4 is 5.32 Å². The van der Waals surface area contributed by atoms with E-state index in [1.165, 1.54) is 17.7 Å². The van der Waals surface area contributed by atoms with Gasteiger partial charge < -0.3 is 15.0 Å². The molecule has 8 heteroatoms. The third-order valence-electron chi connectivity index (χ3n) is 4.25. The van der Waals surface area contributed by atoms with Crippen molar-refractivity contribution in [2.45, 2.75) is 20.4 Å². The Morgan fingerprint density at radius 2 is 1.89 bits per heavy atom. The Hall–Kier alpha value is -3.00. The zero-order valence-corrected chi connectivity index (χ0v) is 17.1. The lowest BCUT2D eigenvalue weighted by atomic mass is 10.1. The maximum atomic E-state index is 12.1. The Labute approximate surface area is 167 Å². The van der Waals surface area contributed by atoms with E-state index in [2.05, 4.69) is 15.3 Å². The summed E-state index contributed by atoms with van der Waals surface area (Å²) in [7, 11) is 3.46. The minimum Gasteiger partial charge on any atom is -0.462 e. The van der Waals surface area contributed by atoms with E-state index in [-0.39, 0.29) is 11.9 Å². The van der Waals surface area contributed by atoms with Gasteiger partial charge in [0, 0.05) is 26.2 Å². The molecule has 0 radical (unpaired) electrons. The van der Waals surface area contributed by atoms with Crippen LogP contribution in [0.2, 0.25) is 0 Å². The van der Waals surface area contributed by atoms with Crippen molar-refractivity contribution in [1.29, 1.82) is 0 Å². The molecule has 2 aromatic heterocycles. The molecule has 0 fully saturated rings. The quantitative estimate of drug-likeness (QED) is 0.640. The highest BCUT2D eigenvalue weighted by Crippen LogP contribution is 2.33. The molecule has 0 atom stereocenters. The number of rotatable bonds is 6. The van der Waals surface area contributed by atoms with E-state index in [1.807, 2.05) is 31.2 Å². The molecule has 0 spiro atoms. The normalized spacial score (nSPS) is 10.7. The van der Waals surface area contributed by atoms with Gasteiger partial charge in [0.2, 0.25) is 0 Å². The maximum absolute atomic E-state index is 12.1. The number of carbonyl (C=O) groups is 2. The second-order valence-corrected chi connectivity index (χ2v) is 7.43. The summed E-state index contributed by atoms with van der Waals surface area (Å²) in [6.45, 7) is 4.52. The summed E-state index contributed by atoms with van der Waals surface area (Å²) in [5, 5.41) is 4.14. The maximum Gasteiger partial charge on any atom is 0.348 e. The van der Waals surface area contributed by atoms with Gasteiger partial charge in [-0.2, -0.15) is 0 Å². The predicted octanol–water partition coefficient (Wildman–Crippen LogP) is 3.49. The first-order chi connectivity index (χ1) is 13.4. The number of anilines is 1. The number of benzene rings is 1. The molecule has 3 rings (SSSR count). The van der Waals surface area contributed by atoms with Crippen LogP contribution in [0.3, 0.4) is 0 Å². The van der Waals surface area contributed by atoms with Gasteiger partial charge in [-0.05, 0) is 37.1 Å². The topological polar surface area (TPSA) is 84.4 Å². The number of hydrogen-bond acceptors (Lipinski definition) is 7. The molecule has 0 unspecified atom stereocenters. The van der Waals surface area contributed by atoms with Gasteiger partial charge in [0.15, 0.2) is 0 Å². The molecule has 1 amide bonds. The van der Waals surface area contributed by atoms with Crippen molar-refractivity contribution in [2.24, 2.45) is 0 Å². The molecule has 28 heavy (non-hydrogen) atoms. The van der Waals surface area contributed by atoms with Gasteiger partial charge in [0.1, 0.15) is 21.9 Å². The molecular weight excluding hydrogens is 376 g/mol. The smallest absolute Gasteiger partial charge is 0.348 e. The molecule has 2 heterocycles. The van der Waals surface area contributed by atoms with Crippen LogP contribution in [-0.4, -0.2) is 47.4 Å². The minimum absolute atomic E-state index is 0.0302. The molecular formula is C20H22N4O3S. The number of fused-ring (bicyclic) bond motifs is 1. The molecule has 1 aromatic carbocycles. The van der Waals surface area contributed by atoms with Gasteiger partial charge in [-0.3, -0.25) is 4.79 Å². The second-order valence-electron chi connectivity index (χ2n) is 6.43. The van der Waals surface area contributed by atoms with E-state index >= 15 is 0 Å². The fraction of sp³-hybridized carbons (Fsp3) is 0.300. The van der Waals surface area contributed by atoms with Crippen LogP contribution in [0, 0.1) is 6.92 Å². The van der Waals surface area contributed by atoms with E-state index in [0.29, 0.717) is 29.4 Å². The van der Waals surface area contributed by atoms with Gasteiger partial charge in [0.25, 0.3) is 5.91 Å². The Bertz CT molecular complexity index is 1010. The van der Waals surface area contributed by atoms with Crippen molar-refractivity contribution in [3.63, 3.8) is 0 Å². The van der Waals surface area contributed by atoms with Crippen LogP contribution in [0.25, 0.3) is 10.2 Å². The largest absolute Gasteiger partial charge is 0.462 e. The Kier molecular flexibility index (Phi) is 5.89. The van der Waals surface area contributed by atoms with Crippen LogP contribution in [0.1, 0.15) is 38.1 Å². The summed E-state index contributed by atoms with van der Waals surface area (Å²) in [6.07, 6.45) is 1.48. The molecule has 0 aliphatic heterocycles. The Balaban J connectivity index is 1.81. The lowest BCUT2D eigenvalue weighted by Crippen LogP contribution is -2.21. The van der Waals surface area contributed by atoms with Gasteiger partial charge in [-0.1, -0.05) is 12.1 Å². The van der Waals surface area contributed by atoms with E-state index in [1.54, 1.807) is 25.9 Å². The molecule has 0 saturated heterocycles. The zero-order valence-electron chi connectivity index (χ0n) is 16.3. The fourth-order valence-corrected chi connectivity index (χ4v) is 3.85. The predicted molar refractivity (Wildman–Crippen MR) is 110 cm³/mol. The molecule has 7 nitrogen and oxygen atoms in total. The first-order valence-electron chi connectivity index (χ1n) is 8.88. The van der Waals surface area contributed by atoms with Crippen LogP contribution in [0.5, 0.6) is 0 Å². The van der Waals surface area contributed by atoms with E-state index in [4.69, 9.17) is 4.74 Å². The molecule has 146 valence electrons. The number of nitrogens with one attached hydrogen (secondary N) is 1. The third kappa shape index (κ3) is 3.96. The third-order valence-corrected chi connectivity index (χ3v) is 5.43. The van der Waals surface area contributed by atoms with E-state index < -0.39 is 0 Å². The number of aromatic nitrogens is 2. The van der Waals surface area contributed by atoms with Gasteiger partial charge in [-0.15, -0.1) is 11.3 Å². The number of ether oxygens (including phenoxy) is 1. The highest BCUT2D eigenvalue weighted by Gasteiger charge is 2.20. The van der Waals surface area contributed by atoms with Crippen molar-refractivity contribution in [3.05, 3.63) is 52.2 Å². The lowest BCUT2D eigenvalue weighted by molar-refractivity contribution is 0.0531.